The number of benzene rings is 2. The first-order valence-corrected chi connectivity index (χ1v) is 11.2. The minimum absolute atomic E-state index is 0.171. The lowest BCUT2D eigenvalue weighted by molar-refractivity contribution is 0.405. The first-order chi connectivity index (χ1) is 14.8. The maximum Gasteiger partial charge on any atom is 0.294 e. The van der Waals surface area contributed by atoms with Crippen LogP contribution in [0.4, 0.5) is 17.5 Å². The van der Waals surface area contributed by atoms with Crippen LogP contribution in [0, 0.1) is 0 Å². The molecule has 0 spiro atoms. The maximum absolute atomic E-state index is 11.2. The van der Waals surface area contributed by atoms with Crippen molar-refractivity contribution in [1.29, 1.82) is 0 Å². The third-order valence-corrected chi connectivity index (χ3v) is 5.22. The summed E-state index contributed by atoms with van der Waals surface area (Å²) in [5, 5.41) is 3.26. The van der Waals surface area contributed by atoms with Gasteiger partial charge in [-0.25, -0.2) is 4.98 Å². The fourth-order valence-corrected chi connectivity index (χ4v) is 3.27. The molecule has 3 aromatic rings. The molecule has 0 atom stereocenters. The van der Waals surface area contributed by atoms with E-state index in [2.05, 4.69) is 31.0 Å². The Morgan fingerprint density at radius 1 is 0.968 bits per heavy atom. The lowest BCUT2D eigenvalue weighted by atomic mass is 10.1. The summed E-state index contributed by atoms with van der Waals surface area (Å²) in [4.78, 5) is 11.1. The molecule has 164 valence electrons. The van der Waals surface area contributed by atoms with Gasteiger partial charge in [-0.1, -0.05) is 30.3 Å². The summed E-state index contributed by atoms with van der Waals surface area (Å²) < 4.78 is 31.4. The number of aromatic nitrogens is 2. The van der Waals surface area contributed by atoms with E-state index in [0.29, 0.717) is 17.5 Å². The summed E-state index contributed by atoms with van der Waals surface area (Å²) in [6.07, 6.45) is 0.951. The highest BCUT2D eigenvalue weighted by Crippen LogP contribution is 2.22. The van der Waals surface area contributed by atoms with Gasteiger partial charge in [0.05, 0.1) is 16.3 Å². The molecule has 1 aromatic heterocycles. The van der Waals surface area contributed by atoms with Crippen molar-refractivity contribution in [2.45, 2.75) is 11.3 Å². The summed E-state index contributed by atoms with van der Waals surface area (Å²) in [6.45, 7) is 1.69. The van der Waals surface area contributed by atoms with Gasteiger partial charge in [0.2, 0.25) is 5.95 Å². The van der Waals surface area contributed by atoms with Crippen LogP contribution >= 0.6 is 0 Å². The highest BCUT2D eigenvalue weighted by atomic mass is 32.2. The van der Waals surface area contributed by atoms with Crippen LogP contribution in [-0.2, 0) is 10.1 Å². The van der Waals surface area contributed by atoms with Crippen molar-refractivity contribution < 1.29 is 13.0 Å². The third-order valence-electron chi connectivity index (χ3n) is 4.35. The van der Waals surface area contributed by atoms with Gasteiger partial charge in [-0.05, 0) is 51.3 Å². The van der Waals surface area contributed by atoms with Crippen LogP contribution in [-0.4, -0.2) is 55.0 Å². The van der Waals surface area contributed by atoms with Gasteiger partial charge < -0.3 is 10.2 Å². The number of anilines is 3. The van der Waals surface area contributed by atoms with Crippen LogP contribution in [0.5, 0.6) is 0 Å². The standard InChI is InChI=1S/C21H26N6O3S/c1-27(2)14-6-13-22-21-23-19(16-7-4-3-5-8-16)15-20(24-21)26-25-17-9-11-18(12-10-17)31(28,29)30/h3-5,7-12,15,25H,6,13-14H2,1-2H3,(H,28,29,30)(H2,22,23,24,26). The highest BCUT2D eigenvalue weighted by molar-refractivity contribution is 7.85. The zero-order valence-electron chi connectivity index (χ0n) is 17.4. The molecule has 0 saturated heterocycles. The largest absolute Gasteiger partial charge is 0.354 e. The first kappa shape index (κ1) is 22.5. The molecular formula is C21H26N6O3S. The Kier molecular flexibility index (Phi) is 7.40. The minimum atomic E-state index is -4.23. The fourth-order valence-electron chi connectivity index (χ4n) is 2.79. The number of hydrogen-bond acceptors (Lipinski definition) is 8. The number of hydrogen-bond donors (Lipinski definition) is 4. The Morgan fingerprint density at radius 3 is 2.32 bits per heavy atom. The zero-order chi connectivity index (χ0) is 22.3. The Bertz CT molecular complexity index is 1090. The maximum atomic E-state index is 11.2. The summed E-state index contributed by atoms with van der Waals surface area (Å²) >= 11 is 0. The van der Waals surface area contributed by atoms with Crippen LogP contribution in [0.1, 0.15) is 6.42 Å². The van der Waals surface area contributed by atoms with Gasteiger partial charge in [0.15, 0.2) is 5.82 Å². The van der Waals surface area contributed by atoms with Gasteiger partial charge >= 0.3 is 0 Å². The molecule has 0 amide bonds. The monoisotopic (exact) mass is 442 g/mol. The van der Waals surface area contributed by atoms with Crippen LogP contribution in [0.15, 0.2) is 65.6 Å². The van der Waals surface area contributed by atoms with Crippen molar-refractivity contribution in [2.75, 3.05) is 43.4 Å². The lowest BCUT2D eigenvalue weighted by Gasteiger charge is -2.14. The van der Waals surface area contributed by atoms with E-state index in [1.54, 1.807) is 0 Å². The molecule has 1 heterocycles. The fraction of sp³-hybridized carbons (Fsp3) is 0.238. The minimum Gasteiger partial charge on any atom is -0.354 e. The van der Waals surface area contributed by atoms with Gasteiger partial charge in [0.25, 0.3) is 10.1 Å². The molecule has 0 fully saturated rings. The Morgan fingerprint density at radius 2 is 1.68 bits per heavy atom. The van der Waals surface area contributed by atoms with Gasteiger partial charge in [0, 0.05) is 18.2 Å². The topological polar surface area (TPSA) is 119 Å². The second kappa shape index (κ2) is 10.2. The molecule has 0 unspecified atom stereocenters. The molecule has 10 heteroatoms. The predicted octanol–water partition coefficient (Wildman–Crippen LogP) is 3.19. The molecule has 0 aliphatic carbocycles. The Balaban J connectivity index is 1.75. The van der Waals surface area contributed by atoms with E-state index in [-0.39, 0.29) is 4.90 Å². The summed E-state index contributed by atoms with van der Waals surface area (Å²) in [7, 11) is -0.164. The number of rotatable bonds is 10. The first-order valence-electron chi connectivity index (χ1n) is 9.74. The number of nitrogens with zero attached hydrogens (tertiary/aromatic N) is 3. The second-order valence-corrected chi connectivity index (χ2v) is 8.58. The van der Waals surface area contributed by atoms with Crippen LogP contribution in [0.3, 0.4) is 0 Å². The van der Waals surface area contributed by atoms with E-state index in [1.807, 2.05) is 50.5 Å². The molecule has 0 saturated carbocycles. The molecule has 31 heavy (non-hydrogen) atoms. The van der Waals surface area contributed by atoms with E-state index >= 15 is 0 Å². The van der Waals surface area contributed by atoms with E-state index in [0.717, 1.165) is 30.8 Å². The van der Waals surface area contributed by atoms with E-state index in [9.17, 15) is 8.42 Å². The molecule has 3 rings (SSSR count). The van der Waals surface area contributed by atoms with Crippen molar-refractivity contribution >= 4 is 27.6 Å². The molecule has 4 N–H and O–H groups in total. The summed E-state index contributed by atoms with van der Waals surface area (Å²) in [6, 6.07) is 17.3. The summed E-state index contributed by atoms with van der Waals surface area (Å²) in [5.41, 5.74) is 8.32. The quantitative estimate of drug-likeness (QED) is 0.213. The SMILES string of the molecule is CN(C)CCCNc1nc(NNc2ccc(S(=O)(=O)O)cc2)cc(-c2ccccc2)n1. The van der Waals surface area contributed by atoms with Crippen molar-refractivity contribution in [3.8, 4) is 11.3 Å². The van der Waals surface area contributed by atoms with Gasteiger partial charge in [0.1, 0.15) is 0 Å². The van der Waals surface area contributed by atoms with Crippen LogP contribution in [0.25, 0.3) is 11.3 Å². The molecule has 9 nitrogen and oxygen atoms in total. The van der Waals surface area contributed by atoms with Crippen LogP contribution < -0.4 is 16.2 Å². The van der Waals surface area contributed by atoms with Gasteiger partial charge in [-0.15, -0.1) is 0 Å². The average Bonchev–Trinajstić information content (AvgIpc) is 2.75. The van der Waals surface area contributed by atoms with Crippen molar-refractivity contribution in [3.63, 3.8) is 0 Å². The lowest BCUT2D eigenvalue weighted by Crippen LogP contribution is -2.17. The molecule has 0 aliphatic rings. The van der Waals surface area contributed by atoms with E-state index in [4.69, 9.17) is 4.55 Å². The van der Waals surface area contributed by atoms with Gasteiger partial charge in [-0.3, -0.25) is 15.4 Å². The zero-order valence-corrected chi connectivity index (χ0v) is 18.2. The normalized spacial score (nSPS) is 11.4. The average molecular weight is 443 g/mol. The van der Waals surface area contributed by atoms with Crippen molar-refractivity contribution in [2.24, 2.45) is 0 Å². The van der Waals surface area contributed by atoms with Crippen molar-refractivity contribution in [1.82, 2.24) is 14.9 Å². The Hall–Kier alpha value is -3.21. The molecular weight excluding hydrogens is 416 g/mol. The van der Waals surface area contributed by atoms with E-state index < -0.39 is 10.1 Å². The van der Waals surface area contributed by atoms with Crippen LogP contribution in [0.2, 0.25) is 0 Å². The predicted molar refractivity (Wildman–Crippen MR) is 123 cm³/mol. The van der Waals surface area contributed by atoms with Crippen molar-refractivity contribution in [3.05, 3.63) is 60.7 Å². The smallest absolute Gasteiger partial charge is 0.294 e. The third kappa shape index (κ3) is 6.92. The second-order valence-electron chi connectivity index (χ2n) is 7.16. The number of nitrogens with one attached hydrogen (secondary N) is 3. The Labute approximate surface area is 182 Å². The molecule has 0 bridgehead atoms. The molecule has 0 radical (unpaired) electrons. The summed E-state index contributed by atoms with van der Waals surface area (Å²) in [5.74, 6) is 1.05. The van der Waals surface area contributed by atoms with E-state index in [1.165, 1.54) is 24.3 Å². The number of hydrazine groups is 1. The van der Waals surface area contributed by atoms with Gasteiger partial charge in [-0.2, -0.15) is 13.4 Å². The molecule has 0 aliphatic heterocycles. The highest BCUT2D eigenvalue weighted by Gasteiger charge is 2.09. The molecule has 2 aromatic carbocycles.